The van der Waals surface area contributed by atoms with E-state index in [1.54, 1.807) is 0 Å². The van der Waals surface area contributed by atoms with Crippen LogP contribution in [0, 0.1) is 12.8 Å². The molecule has 0 spiro atoms. The van der Waals surface area contributed by atoms with E-state index < -0.39 is 0 Å². The van der Waals surface area contributed by atoms with Crippen molar-refractivity contribution in [3.63, 3.8) is 0 Å². The summed E-state index contributed by atoms with van der Waals surface area (Å²) in [6, 6.07) is 6.20. The molecule has 4 heteroatoms. The summed E-state index contributed by atoms with van der Waals surface area (Å²) in [5.74, 6) is 1.72. The van der Waals surface area contributed by atoms with Crippen LogP contribution in [-0.2, 0) is 4.79 Å². The number of carbonyl (C=O) groups excluding carboxylic acids is 1. The molecule has 0 unspecified atom stereocenters. The first-order valence-corrected chi connectivity index (χ1v) is 8.65. The summed E-state index contributed by atoms with van der Waals surface area (Å²) in [6.45, 7) is 10.1. The maximum Gasteiger partial charge on any atom is 0.260 e. The number of benzene rings is 1. The Bertz CT molecular complexity index is 540. The van der Waals surface area contributed by atoms with Gasteiger partial charge < -0.3 is 15.4 Å². The van der Waals surface area contributed by atoms with Gasteiger partial charge in [0, 0.05) is 19.1 Å². The highest BCUT2D eigenvalue weighted by atomic mass is 16.5. The Kier molecular flexibility index (Phi) is 6.05. The quantitative estimate of drug-likeness (QED) is 0.907. The summed E-state index contributed by atoms with van der Waals surface area (Å²) in [4.78, 5) is 14.3. The van der Waals surface area contributed by atoms with Gasteiger partial charge in [-0.3, -0.25) is 4.79 Å². The Balaban J connectivity index is 1.90. The minimum atomic E-state index is 0.0564. The van der Waals surface area contributed by atoms with Crippen molar-refractivity contribution in [3.8, 4) is 5.75 Å². The molecule has 128 valence electrons. The second-order valence-electron chi connectivity index (χ2n) is 7.06. The molecule has 0 radical (unpaired) electrons. The summed E-state index contributed by atoms with van der Waals surface area (Å²) < 4.78 is 5.71. The Hall–Kier alpha value is -1.55. The standard InChI is InChI=1S/C19H30N2O2/c1-13(2)18-8-7-17(10-14(18)3)23-12-19(22)21-9-5-6-16(11-21)15(4)20/h7-8,10,13,15-16H,5-6,9,11-12,20H2,1-4H3/t15-,16-/m0/s1. The van der Waals surface area contributed by atoms with Crippen LogP contribution in [0.25, 0.3) is 0 Å². The number of piperidine rings is 1. The summed E-state index contributed by atoms with van der Waals surface area (Å²) in [5.41, 5.74) is 8.51. The SMILES string of the molecule is Cc1cc(OCC(=O)N2CCC[C@H]([C@H](C)N)C2)ccc1C(C)C. The van der Waals surface area contributed by atoms with Gasteiger partial charge in [0.1, 0.15) is 5.75 Å². The molecular formula is C19H30N2O2. The van der Waals surface area contributed by atoms with Crippen LogP contribution in [0.5, 0.6) is 5.75 Å². The highest BCUT2D eigenvalue weighted by Gasteiger charge is 2.25. The van der Waals surface area contributed by atoms with E-state index in [-0.39, 0.29) is 18.6 Å². The molecule has 2 atom stereocenters. The first kappa shape index (κ1) is 17.8. The third-order valence-corrected chi connectivity index (χ3v) is 4.78. The molecule has 0 aliphatic carbocycles. The molecule has 0 bridgehead atoms. The van der Waals surface area contributed by atoms with Crippen LogP contribution < -0.4 is 10.5 Å². The number of aryl methyl sites for hydroxylation is 1. The maximum absolute atomic E-state index is 12.4. The van der Waals surface area contributed by atoms with E-state index in [2.05, 4.69) is 26.8 Å². The Labute approximate surface area is 140 Å². The van der Waals surface area contributed by atoms with Crippen LogP contribution in [0.4, 0.5) is 0 Å². The van der Waals surface area contributed by atoms with Gasteiger partial charge in [0.15, 0.2) is 6.61 Å². The lowest BCUT2D eigenvalue weighted by atomic mass is 9.92. The van der Waals surface area contributed by atoms with Crippen molar-refractivity contribution >= 4 is 5.91 Å². The minimum absolute atomic E-state index is 0.0564. The second-order valence-corrected chi connectivity index (χ2v) is 7.06. The molecular weight excluding hydrogens is 288 g/mol. The van der Waals surface area contributed by atoms with Gasteiger partial charge in [-0.15, -0.1) is 0 Å². The van der Waals surface area contributed by atoms with Crippen LogP contribution in [0.15, 0.2) is 18.2 Å². The lowest BCUT2D eigenvalue weighted by molar-refractivity contribution is -0.135. The molecule has 23 heavy (non-hydrogen) atoms. The fourth-order valence-electron chi connectivity index (χ4n) is 3.29. The van der Waals surface area contributed by atoms with E-state index in [0.717, 1.165) is 31.7 Å². The van der Waals surface area contributed by atoms with Gasteiger partial charge >= 0.3 is 0 Å². The van der Waals surface area contributed by atoms with Gasteiger partial charge in [0.05, 0.1) is 0 Å². The fourth-order valence-corrected chi connectivity index (χ4v) is 3.29. The number of hydrogen-bond donors (Lipinski definition) is 1. The van der Waals surface area contributed by atoms with E-state index in [9.17, 15) is 4.79 Å². The third kappa shape index (κ3) is 4.71. The highest BCUT2D eigenvalue weighted by molar-refractivity contribution is 5.77. The molecule has 2 N–H and O–H groups in total. The zero-order valence-corrected chi connectivity index (χ0v) is 14.8. The highest BCUT2D eigenvalue weighted by Crippen LogP contribution is 2.24. The second kappa shape index (κ2) is 7.82. The van der Waals surface area contributed by atoms with Gasteiger partial charge in [-0.25, -0.2) is 0 Å². The molecule has 1 heterocycles. The van der Waals surface area contributed by atoms with E-state index in [4.69, 9.17) is 10.5 Å². The molecule has 4 nitrogen and oxygen atoms in total. The third-order valence-electron chi connectivity index (χ3n) is 4.78. The molecule has 1 aromatic rings. The van der Waals surface area contributed by atoms with Gasteiger partial charge in [-0.1, -0.05) is 19.9 Å². The average molecular weight is 318 g/mol. The Morgan fingerprint density at radius 2 is 2.13 bits per heavy atom. The predicted molar refractivity (Wildman–Crippen MR) is 93.7 cm³/mol. The van der Waals surface area contributed by atoms with Crippen molar-refractivity contribution in [2.75, 3.05) is 19.7 Å². The van der Waals surface area contributed by atoms with Crippen molar-refractivity contribution in [1.82, 2.24) is 4.90 Å². The van der Waals surface area contributed by atoms with Gasteiger partial charge in [0.25, 0.3) is 5.91 Å². The number of carbonyl (C=O) groups is 1. The topological polar surface area (TPSA) is 55.6 Å². The van der Waals surface area contributed by atoms with Gasteiger partial charge in [0.2, 0.25) is 0 Å². The van der Waals surface area contributed by atoms with E-state index >= 15 is 0 Å². The lowest BCUT2D eigenvalue weighted by Crippen LogP contribution is -2.46. The number of likely N-dealkylation sites (tertiary alicyclic amines) is 1. The molecule has 2 rings (SSSR count). The molecule has 1 amide bonds. The fraction of sp³-hybridized carbons (Fsp3) is 0.632. The zero-order valence-electron chi connectivity index (χ0n) is 14.8. The number of amides is 1. The van der Waals surface area contributed by atoms with Crippen molar-refractivity contribution in [2.45, 2.75) is 52.5 Å². The van der Waals surface area contributed by atoms with Crippen molar-refractivity contribution in [2.24, 2.45) is 11.7 Å². The Morgan fingerprint density at radius 3 is 2.74 bits per heavy atom. The molecule has 0 saturated carbocycles. The zero-order chi connectivity index (χ0) is 17.0. The largest absolute Gasteiger partial charge is 0.484 e. The number of rotatable bonds is 5. The Morgan fingerprint density at radius 1 is 1.39 bits per heavy atom. The van der Waals surface area contributed by atoms with Crippen LogP contribution in [0.1, 0.15) is 50.7 Å². The van der Waals surface area contributed by atoms with Crippen LogP contribution >= 0.6 is 0 Å². The summed E-state index contributed by atoms with van der Waals surface area (Å²) in [6.07, 6.45) is 2.14. The normalized spacial score (nSPS) is 19.7. The number of ether oxygens (including phenoxy) is 1. The molecule has 1 aliphatic heterocycles. The summed E-state index contributed by atoms with van der Waals surface area (Å²) in [7, 11) is 0. The molecule has 1 fully saturated rings. The van der Waals surface area contributed by atoms with Gasteiger partial charge in [-0.2, -0.15) is 0 Å². The van der Waals surface area contributed by atoms with Crippen molar-refractivity contribution in [1.29, 1.82) is 0 Å². The number of hydrogen-bond acceptors (Lipinski definition) is 3. The predicted octanol–water partition coefficient (Wildman–Crippen LogP) is 3.08. The molecule has 1 saturated heterocycles. The van der Waals surface area contributed by atoms with Crippen LogP contribution in [0.2, 0.25) is 0 Å². The molecule has 1 aliphatic rings. The minimum Gasteiger partial charge on any atom is -0.484 e. The molecule has 1 aromatic carbocycles. The van der Waals surface area contributed by atoms with E-state index in [1.165, 1.54) is 11.1 Å². The van der Waals surface area contributed by atoms with E-state index in [0.29, 0.717) is 11.8 Å². The van der Waals surface area contributed by atoms with Gasteiger partial charge in [-0.05, 0) is 61.8 Å². The summed E-state index contributed by atoms with van der Waals surface area (Å²) >= 11 is 0. The van der Waals surface area contributed by atoms with Crippen LogP contribution in [0.3, 0.4) is 0 Å². The van der Waals surface area contributed by atoms with E-state index in [1.807, 2.05) is 24.0 Å². The van der Waals surface area contributed by atoms with Crippen molar-refractivity contribution < 1.29 is 9.53 Å². The van der Waals surface area contributed by atoms with Crippen LogP contribution in [-0.4, -0.2) is 36.5 Å². The maximum atomic E-state index is 12.4. The van der Waals surface area contributed by atoms with Crippen molar-refractivity contribution in [3.05, 3.63) is 29.3 Å². The monoisotopic (exact) mass is 318 g/mol. The number of nitrogens with two attached hydrogens (primary N) is 1. The first-order chi connectivity index (χ1) is 10.9. The average Bonchev–Trinajstić information content (AvgIpc) is 2.52. The first-order valence-electron chi connectivity index (χ1n) is 8.65. The number of nitrogens with zero attached hydrogens (tertiary/aromatic N) is 1. The molecule has 0 aromatic heterocycles. The summed E-state index contributed by atoms with van der Waals surface area (Å²) in [5, 5.41) is 0. The lowest BCUT2D eigenvalue weighted by Gasteiger charge is -2.34. The smallest absolute Gasteiger partial charge is 0.260 e.